The summed E-state index contributed by atoms with van der Waals surface area (Å²) in [5.41, 5.74) is 0. The average Bonchev–Trinajstić information content (AvgIpc) is 2.09. The lowest BCUT2D eigenvalue weighted by molar-refractivity contribution is -0.174. The van der Waals surface area contributed by atoms with Crippen LogP contribution in [0, 0.1) is 0 Å². The van der Waals surface area contributed by atoms with Crippen LogP contribution in [-0.2, 0) is 14.3 Å². The summed E-state index contributed by atoms with van der Waals surface area (Å²) < 4.78 is 10.3. The lowest BCUT2D eigenvalue weighted by Crippen LogP contribution is -2.31. The summed E-state index contributed by atoms with van der Waals surface area (Å²) in [4.78, 5) is 10.9. The first-order valence-corrected chi connectivity index (χ1v) is 5.20. The number of hydrogen-bond donors (Lipinski definition) is 0. The number of thioether (sulfide) groups is 1. The van der Waals surface area contributed by atoms with Crippen LogP contribution < -0.4 is 0 Å². The van der Waals surface area contributed by atoms with E-state index in [1.54, 1.807) is 18.7 Å². The van der Waals surface area contributed by atoms with Crippen LogP contribution in [0.1, 0.15) is 20.3 Å². The van der Waals surface area contributed by atoms with Crippen LogP contribution in [0.2, 0.25) is 0 Å². The van der Waals surface area contributed by atoms with Crippen molar-refractivity contribution in [2.24, 2.45) is 0 Å². The largest absolute Gasteiger partial charge is 0.435 e. The number of rotatable bonds is 2. The Hall–Kier alpha value is -0.220. The van der Waals surface area contributed by atoms with E-state index in [0.29, 0.717) is 18.3 Å². The van der Waals surface area contributed by atoms with Crippen LogP contribution in [0.3, 0.4) is 0 Å². The summed E-state index contributed by atoms with van der Waals surface area (Å²) in [6, 6.07) is 0. The van der Waals surface area contributed by atoms with Gasteiger partial charge in [-0.3, -0.25) is 4.79 Å². The van der Waals surface area contributed by atoms with Gasteiger partial charge in [-0.2, -0.15) is 0 Å². The van der Waals surface area contributed by atoms with Crippen LogP contribution in [0.25, 0.3) is 0 Å². The molecule has 0 saturated carbocycles. The number of ether oxygens (including phenoxy) is 2. The number of carbonyl (C=O) groups is 1. The van der Waals surface area contributed by atoms with Gasteiger partial charge in [-0.25, -0.2) is 0 Å². The Labute approximate surface area is 76.8 Å². The number of hydrogen-bond acceptors (Lipinski definition) is 4. The average molecular weight is 190 g/mol. The molecule has 0 aromatic rings. The first-order valence-electron chi connectivity index (χ1n) is 4.15. The Morgan fingerprint density at radius 3 is 3.00 bits per heavy atom. The highest BCUT2D eigenvalue weighted by Gasteiger charge is 2.21. The Morgan fingerprint density at radius 2 is 2.50 bits per heavy atom. The standard InChI is InChI=1S/C8H14O3S/c1-3-7(9)11-8-5-12-6(2)4-10-8/h6,8H,3-5H2,1-2H3. The van der Waals surface area contributed by atoms with Crippen molar-refractivity contribution in [3.8, 4) is 0 Å². The van der Waals surface area contributed by atoms with Crippen molar-refractivity contribution in [1.29, 1.82) is 0 Å². The van der Waals surface area contributed by atoms with E-state index >= 15 is 0 Å². The minimum absolute atomic E-state index is 0.185. The predicted molar refractivity (Wildman–Crippen MR) is 48.0 cm³/mol. The second-order valence-corrected chi connectivity index (χ2v) is 4.22. The molecular weight excluding hydrogens is 176 g/mol. The summed E-state index contributed by atoms with van der Waals surface area (Å²) in [5.74, 6) is 0.572. The second-order valence-electron chi connectivity index (χ2n) is 2.75. The van der Waals surface area contributed by atoms with Crippen molar-refractivity contribution in [3.63, 3.8) is 0 Å². The maximum absolute atomic E-state index is 10.9. The van der Waals surface area contributed by atoms with Crippen molar-refractivity contribution in [1.82, 2.24) is 0 Å². The summed E-state index contributed by atoms with van der Waals surface area (Å²) >= 11 is 1.78. The second kappa shape index (κ2) is 4.72. The van der Waals surface area contributed by atoms with E-state index in [2.05, 4.69) is 6.92 Å². The molecule has 0 N–H and O–H groups in total. The van der Waals surface area contributed by atoms with Gasteiger partial charge >= 0.3 is 5.97 Å². The first kappa shape index (κ1) is 9.86. The van der Waals surface area contributed by atoms with Crippen molar-refractivity contribution in [3.05, 3.63) is 0 Å². The third-order valence-electron chi connectivity index (χ3n) is 1.59. The topological polar surface area (TPSA) is 35.5 Å². The quantitative estimate of drug-likeness (QED) is 0.617. The fraction of sp³-hybridized carbons (Fsp3) is 0.875. The van der Waals surface area contributed by atoms with E-state index in [4.69, 9.17) is 9.47 Å². The van der Waals surface area contributed by atoms with Gasteiger partial charge in [0.05, 0.1) is 12.4 Å². The fourth-order valence-corrected chi connectivity index (χ4v) is 1.70. The van der Waals surface area contributed by atoms with Gasteiger partial charge in [0.25, 0.3) is 0 Å². The molecule has 12 heavy (non-hydrogen) atoms. The predicted octanol–water partition coefficient (Wildman–Crippen LogP) is 1.42. The highest BCUT2D eigenvalue weighted by molar-refractivity contribution is 7.99. The molecule has 0 bridgehead atoms. The Bertz CT molecular complexity index is 152. The zero-order valence-electron chi connectivity index (χ0n) is 7.41. The molecule has 1 rings (SSSR count). The summed E-state index contributed by atoms with van der Waals surface area (Å²) in [6.07, 6.45) is 0.0961. The van der Waals surface area contributed by atoms with Gasteiger partial charge in [0.1, 0.15) is 0 Å². The minimum Gasteiger partial charge on any atom is -0.435 e. The molecule has 1 aliphatic rings. The van der Waals surface area contributed by atoms with E-state index < -0.39 is 0 Å². The molecular formula is C8H14O3S. The maximum atomic E-state index is 10.9. The summed E-state index contributed by atoms with van der Waals surface area (Å²) in [7, 11) is 0. The molecule has 0 aromatic heterocycles. The van der Waals surface area contributed by atoms with Crippen LogP contribution in [0.5, 0.6) is 0 Å². The molecule has 3 nitrogen and oxygen atoms in total. The van der Waals surface area contributed by atoms with Crippen molar-refractivity contribution < 1.29 is 14.3 Å². The van der Waals surface area contributed by atoms with Crippen molar-refractivity contribution in [2.45, 2.75) is 31.8 Å². The number of esters is 1. The molecule has 2 atom stereocenters. The van der Waals surface area contributed by atoms with Gasteiger partial charge < -0.3 is 9.47 Å². The van der Waals surface area contributed by atoms with E-state index in [1.807, 2.05) is 0 Å². The van der Waals surface area contributed by atoms with Gasteiger partial charge in [0.15, 0.2) is 0 Å². The zero-order chi connectivity index (χ0) is 8.97. The van der Waals surface area contributed by atoms with Crippen molar-refractivity contribution in [2.75, 3.05) is 12.4 Å². The normalized spacial score (nSPS) is 29.8. The highest BCUT2D eigenvalue weighted by Crippen LogP contribution is 2.20. The molecule has 0 radical (unpaired) electrons. The first-order chi connectivity index (χ1) is 5.72. The van der Waals surface area contributed by atoms with Gasteiger partial charge in [-0.15, -0.1) is 11.8 Å². The van der Waals surface area contributed by atoms with Crippen LogP contribution in [0.4, 0.5) is 0 Å². The molecule has 4 heteroatoms. The molecule has 0 spiro atoms. The molecule has 1 heterocycles. The maximum Gasteiger partial charge on any atom is 0.307 e. The van der Waals surface area contributed by atoms with Gasteiger partial charge in [-0.1, -0.05) is 13.8 Å². The lowest BCUT2D eigenvalue weighted by Gasteiger charge is -2.25. The molecule has 1 aliphatic heterocycles. The van der Waals surface area contributed by atoms with E-state index in [1.165, 1.54) is 0 Å². The fourth-order valence-electron chi connectivity index (χ4n) is 0.880. The molecule has 0 amide bonds. The molecule has 0 aromatic carbocycles. The van der Waals surface area contributed by atoms with Crippen LogP contribution >= 0.6 is 11.8 Å². The van der Waals surface area contributed by atoms with Gasteiger partial charge in [0.2, 0.25) is 6.29 Å². The molecule has 70 valence electrons. The Kier molecular flexibility index (Phi) is 3.88. The minimum atomic E-state index is -0.321. The third kappa shape index (κ3) is 3.03. The Morgan fingerprint density at radius 1 is 1.75 bits per heavy atom. The Balaban J connectivity index is 2.21. The number of carbonyl (C=O) groups excluding carboxylic acids is 1. The van der Waals surface area contributed by atoms with Gasteiger partial charge in [0, 0.05) is 11.7 Å². The van der Waals surface area contributed by atoms with Gasteiger partial charge in [-0.05, 0) is 0 Å². The van der Waals surface area contributed by atoms with E-state index in [0.717, 1.165) is 5.75 Å². The smallest absolute Gasteiger partial charge is 0.307 e. The van der Waals surface area contributed by atoms with E-state index in [9.17, 15) is 4.79 Å². The summed E-state index contributed by atoms with van der Waals surface area (Å²) in [6.45, 7) is 4.55. The SMILES string of the molecule is CCC(=O)OC1CSC(C)CO1. The molecule has 2 unspecified atom stereocenters. The van der Waals surface area contributed by atoms with Crippen molar-refractivity contribution >= 4 is 17.7 Å². The highest BCUT2D eigenvalue weighted by atomic mass is 32.2. The molecule has 0 aliphatic carbocycles. The van der Waals surface area contributed by atoms with E-state index in [-0.39, 0.29) is 12.3 Å². The third-order valence-corrected chi connectivity index (χ3v) is 2.75. The lowest BCUT2D eigenvalue weighted by atomic mass is 10.5. The molecule has 1 fully saturated rings. The monoisotopic (exact) mass is 190 g/mol. The molecule has 1 saturated heterocycles. The van der Waals surface area contributed by atoms with Crippen LogP contribution in [0.15, 0.2) is 0 Å². The zero-order valence-corrected chi connectivity index (χ0v) is 8.23. The summed E-state index contributed by atoms with van der Waals surface area (Å²) in [5, 5.41) is 0.515. The van der Waals surface area contributed by atoms with Crippen LogP contribution in [-0.4, -0.2) is 29.9 Å².